The molecule has 0 fully saturated rings. The standard InChI is InChI=1S/C14H17FN4O3S/c1-9-14(10(2)18-17-9)23(21,22)19(3)8-13(20)16-12-6-4-5-11(15)7-12/h4-7H,8H2,1-3H3,(H,16,20)(H,17,18). The first-order chi connectivity index (χ1) is 10.7. The highest BCUT2D eigenvalue weighted by molar-refractivity contribution is 7.89. The first-order valence-corrected chi connectivity index (χ1v) is 8.19. The van der Waals surface area contributed by atoms with Crippen molar-refractivity contribution >= 4 is 21.6 Å². The van der Waals surface area contributed by atoms with Crippen molar-refractivity contribution in [1.82, 2.24) is 14.5 Å². The molecule has 1 amide bonds. The molecule has 0 bridgehead atoms. The van der Waals surface area contributed by atoms with E-state index in [4.69, 9.17) is 0 Å². The lowest BCUT2D eigenvalue weighted by Gasteiger charge is -2.17. The first kappa shape index (κ1) is 17.1. The number of aromatic amines is 1. The Morgan fingerprint density at radius 2 is 2.09 bits per heavy atom. The van der Waals surface area contributed by atoms with Crippen LogP contribution in [0, 0.1) is 19.7 Å². The van der Waals surface area contributed by atoms with Gasteiger partial charge in [-0.3, -0.25) is 9.89 Å². The van der Waals surface area contributed by atoms with Gasteiger partial charge in [-0.25, -0.2) is 12.8 Å². The zero-order chi connectivity index (χ0) is 17.2. The van der Waals surface area contributed by atoms with Crippen molar-refractivity contribution in [2.75, 3.05) is 18.9 Å². The lowest BCUT2D eigenvalue weighted by molar-refractivity contribution is -0.116. The van der Waals surface area contributed by atoms with Gasteiger partial charge in [-0.1, -0.05) is 6.07 Å². The van der Waals surface area contributed by atoms with E-state index in [1.54, 1.807) is 13.8 Å². The lowest BCUT2D eigenvalue weighted by Crippen LogP contribution is -2.35. The first-order valence-electron chi connectivity index (χ1n) is 6.75. The molecule has 0 aliphatic heterocycles. The number of hydrogen-bond donors (Lipinski definition) is 2. The minimum absolute atomic E-state index is 0.0542. The molecule has 1 aromatic heterocycles. The zero-order valence-corrected chi connectivity index (χ0v) is 13.7. The van der Waals surface area contributed by atoms with Gasteiger partial charge in [0.15, 0.2) is 0 Å². The Bertz CT molecular complexity index is 813. The maximum Gasteiger partial charge on any atom is 0.246 e. The molecule has 2 aromatic rings. The van der Waals surface area contributed by atoms with Crippen molar-refractivity contribution in [3.8, 4) is 0 Å². The number of nitrogens with one attached hydrogen (secondary N) is 2. The molecule has 0 radical (unpaired) electrons. The normalized spacial score (nSPS) is 11.7. The summed E-state index contributed by atoms with van der Waals surface area (Å²) in [6.07, 6.45) is 0. The third-order valence-electron chi connectivity index (χ3n) is 3.20. The SMILES string of the molecule is Cc1n[nH]c(C)c1S(=O)(=O)N(C)CC(=O)Nc1cccc(F)c1. The van der Waals surface area contributed by atoms with Crippen LogP contribution in [0.3, 0.4) is 0 Å². The summed E-state index contributed by atoms with van der Waals surface area (Å²) in [4.78, 5) is 12.0. The number of H-pyrrole nitrogens is 1. The number of sulfonamides is 1. The second kappa shape index (κ2) is 6.47. The topological polar surface area (TPSA) is 95.2 Å². The highest BCUT2D eigenvalue weighted by atomic mass is 32.2. The predicted molar refractivity (Wildman–Crippen MR) is 82.9 cm³/mol. The summed E-state index contributed by atoms with van der Waals surface area (Å²) in [6.45, 7) is 2.76. The van der Waals surface area contributed by atoms with Gasteiger partial charge in [0, 0.05) is 12.7 Å². The van der Waals surface area contributed by atoms with E-state index in [-0.39, 0.29) is 10.6 Å². The fourth-order valence-electron chi connectivity index (χ4n) is 2.13. The summed E-state index contributed by atoms with van der Waals surface area (Å²) < 4.78 is 39.0. The second-order valence-corrected chi connectivity index (χ2v) is 7.06. The fraction of sp³-hybridized carbons (Fsp3) is 0.286. The molecule has 9 heteroatoms. The van der Waals surface area contributed by atoms with Crippen LogP contribution >= 0.6 is 0 Å². The number of nitrogens with zero attached hydrogens (tertiary/aromatic N) is 2. The van der Waals surface area contributed by atoms with Gasteiger partial charge in [0.2, 0.25) is 15.9 Å². The molecule has 124 valence electrons. The molecule has 0 saturated carbocycles. The Balaban J connectivity index is 2.12. The highest BCUT2D eigenvalue weighted by Crippen LogP contribution is 2.20. The molecule has 7 nitrogen and oxygen atoms in total. The molecule has 0 aliphatic carbocycles. The zero-order valence-electron chi connectivity index (χ0n) is 12.9. The van der Waals surface area contributed by atoms with Crippen LogP contribution in [0.5, 0.6) is 0 Å². The number of benzene rings is 1. The molecule has 2 N–H and O–H groups in total. The number of carbonyl (C=O) groups is 1. The number of likely N-dealkylation sites (N-methyl/N-ethyl adjacent to an activating group) is 1. The van der Waals surface area contributed by atoms with Gasteiger partial charge < -0.3 is 5.32 Å². The van der Waals surface area contributed by atoms with Crippen molar-refractivity contribution < 1.29 is 17.6 Å². The highest BCUT2D eigenvalue weighted by Gasteiger charge is 2.28. The molecule has 0 saturated heterocycles. The molecule has 1 heterocycles. The Labute approximate surface area is 133 Å². The summed E-state index contributed by atoms with van der Waals surface area (Å²) >= 11 is 0. The second-order valence-electron chi connectivity index (χ2n) is 5.08. The summed E-state index contributed by atoms with van der Waals surface area (Å²) in [5, 5.41) is 8.90. The Morgan fingerprint density at radius 3 is 2.65 bits per heavy atom. The van der Waals surface area contributed by atoms with Crippen LogP contribution in [-0.2, 0) is 14.8 Å². The average Bonchev–Trinajstić information content (AvgIpc) is 2.78. The molecule has 23 heavy (non-hydrogen) atoms. The summed E-state index contributed by atoms with van der Waals surface area (Å²) in [7, 11) is -2.55. The minimum atomic E-state index is -3.85. The third kappa shape index (κ3) is 3.74. The van der Waals surface area contributed by atoms with Crippen molar-refractivity contribution in [3.63, 3.8) is 0 Å². The number of amides is 1. The molecule has 0 unspecified atom stereocenters. The van der Waals surface area contributed by atoms with Crippen molar-refractivity contribution in [1.29, 1.82) is 0 Å². The molecule has 0 aliphatic rings. The average molecular weight is 340 g/mol. The minimum Gasteiger partial charge on any atom is -0.325 e. The van der Waals surface area contributed by atoms with Gasteiger partial charge >= 0.3 is 0 Å². The third-order valence-corrected chi connectivity index (χ3v) is 5.27. The number of aryl methyl sites for hydroxylation is 2. The summed E-state index contributed by atoms with van der Waals surface area (Å²) in [6, 6.07) is 5.36. The van der Waals surface area contributed by atoms with E-state index in [9.17, 15) is 17.6 Å². The van der Waals surface area contributed by atoms with Gasteiger partial charge in [0.05, 0.1) is 17.9 Å². The molecule has 0 spiro atoms. The van der Waals surface area contributed by atoms with E-state index < -0.39 is 28.3 Å². The van der Waals surface area contributed by atoms with Crippen molar-refractivity contribution in [2.24, 2.45) is 0 Å². The van der Waals surface area contributed by atoms with Gasteiger partial charge in [0.25, 0.3) is 0 Å². The molecule has 2 rings (SSSR count). The predicted octanol–water partition coefficient (Wildman–Crippen LogP) is 1.42. The largest absolute Gasteiger partial charge is 0.325 e. The van der Waals surface area contributed by atoms with Crippen molar-refractivity contribution in [2.45, 2.75) is 18.7 Å². The molecular weight excluding hydrogens is 323 g/mol. The van der Waals surface area contributed by atoms with Crippen LogP contribution in [0.4, 0.5) is 10.1 Å². The quantitative estimate of drug-likeness (QED) is 0.861. The van der Waals surface area contributed by atoms with Crippen LogP contribution in [0.25, 0.3) is 0 Å². The van der Waals surface area contributed by atoms with E-state index in [1.807, 2.05) is 0 Å². The van der Waals surface area contributed by atoms with Crippen molar-refractivity contribution in [3.05, 3.63) is 41.5 Å². The Kier molecular flexibility index (Phi) is 4.81. The lowest BCUT2D eigenvalue weighted by atomic mass is 10.3. The van der Waals surface area contributed by atoms with Gasteiger partial charge in [-0.2, -0.15) is 9.40 Å². The van der Waals surface area contributed by atoms with Crippen LogP contribution in [-0.4, -0.2) is 42.4 Å². The number of anilines is 1. The van der Waals surface area contributed by atoms with Gasteiger partial charge in [-0.05, 0) is 32.0 Å². The van der Waals surface area contributed by atoms with E-state index in [2.05, 4.69) is 15.5 Å². The summed E-state index contributed by atoms with van der Waals surface area (Å²) in [5.74, 6) is -1.06. The van der Waals surface area contributed by atoms with E-state index >= 15 is 0 Å². The monoisotopic (exact) mass is 340 g/mol. The van der Waals surface area contributed by atoms with Crippen LogP contribution < -0.4 is 5.32 Å². The number of aromatic nitrogens is 2. The fourth-order valence-corrected chi connectivity index (χ4v) is 3.58. The summed E-state index contributed by atoms with van der Waals surface area (Å²) in [5.41, 5.74) is 0.997. The molecular formula is C14H17FN4O3S. The number of hydrogen-bond acceptors (Lipinski definition) is 4. The molecule has 0 atom stereocenters. The van der Waals surface area contributed by atoms with Crippen LogP contribution in [0.2, 0.25) is 0 Å². The van der Waals surface area contributed by atoms with E-state index in [0.717, 1.165) is 10.4 Å². The Hall–Kier alpha value is -2.26. The van der Waals surface area contributed by atoms with Crippen LogP contribution in [0.1, 0.15) is 11.4 Å². The van der Waals surface area contributed by atoms with Gasteiger partial charge in [0.1, 0.15) is 10.7 Å². The van der Waals surface area contributed by atoms with E-state index in [1.165, 1.54) is 25.2 Å². The van der Waals surface area contributed by atoms with Gasteiger partial charge in [-0.15, -0.1) is 0 Å². The van der Waals surface area contributed by atoms with Crippen LogP contribution in [0.15, 0.2) is 29.2 Å². The van der Waals surface area contributed by atoms with E-state index in [0.29, 0.717) is 11.4 Å². The molecule has 1 aromatic carbocycles. The number of rotatable bonds is 5. The smallest absolute Gasteiger partial charge is 0.246 e. The maximum atomic E-state index is 13.1. The maximum absolute atomic E-state index is 13.1. The number of carbonyl (C=O) groups excluding carboxylic acids is 1. The number of halogens is 1. The Morgan fingerprint density at radius 1 is 1.39 bits per heavy atom.